The summed E-state index contributed by atoms with van der Waals surface area (Å²) in [6.07, 6.45) is 10.3. The molecule has 0 heterocycles. The molecule has 90 valence electrons. The highest BCUT2D eigenvalue weighted by Gasteiger charge is 2.02. The minimum absolute atomic E-state index is 0.0651. The molecule has 1 N–H and O–H groups in total. The number of carbonyl (C=O) groups is 1. The fourth-order valence-corrected chi connectivity index (χ4v) is 1.62. The molecule has 0 aliphatic heterocycles. The molecule has 0 saturated heterocycles. The molecule has 0 aromatic heterocycles. The van der Waals surface area contributed by atoms with Gasteiger partial charge in [0.05, 0.1) is 0 Å². The smallest absolute Gasteiger partial charge is 0.224 e. The van der Waals surface area contributed by atoms with Gasteiger partial charge < -0.3 is 5.32 Å². The number of amides is 1. The van der Waals surface area contributed by atoms with Gasteiger partial charge in [-0.15, -0.1) is 6.42 Å². The van der Waals surface area contributed by atoms with Gasteiger partial charge in [-0.25, -0.2) is 0 Å². The molecule has 1 aromatic rings. The van der Waals surface area contributed by atoms with Crippen LogP contribution in [0.15, 0.2) is 24.3 Å². The van der Waals surface area contributed by atoms with E-state index in [1.807, 2.05) is 24.3 Å². The van der Waals surface area contributed by atoms with Crippen LogP contribution in [0.4, 0.5) is 5.69 Å². The van der Waals surface area contributed by atoms with Crippen LogP contribution in [0.25, 0.3) is 0 Å². The first-order valence-electron chi connectivity index (χ1n) is 6.12. The van der Waals surface area contributed by atoms with Gasteiger partial charge in [0, 0.05) is 17.7 Å². The van der Waals surface area contributed by atoms with Gasteiger partial charge in [-0.05, 0) is 24.6 Å². The summed E-state index contributed by atoms with van der Waals surface area (Å²) in [6.45, 7) is 2.16. The van der Waals surface area contributed by atoms with E-state index >= 15 is 0 Å². The van der Waals surface area contributed by atoms with E-state index in [2.05, 4.69) is 18.2 Å². The summed E-state index contributed by atoms with van der Waals surface area (Å²) in [5.41, 5.74) is 1.56. The second kappa shape index (κ2) is 7.51. The molecular formula is C15H19NO. The number of hydrogen-bond acceptors (Lipinski definition) is 1. The quantitative estimate of drug-likeness (QED) is 0.586. The summed E-state index contributed by atoms with van der Waals surface area (Å²) in [7, 11) is 0. The number of nitrogens with one attached hydrogen (secondary N) is 1. The Morgan fingerprint density at radius 3 is 2.88 bits per heavy atom. The molecule has 0 unspecified atom stereocenters. The summed E-state index contributed by atoms with van der Waals surface area (Å²) in [6, 6.07) is 7.35. The molecule has 0 fully saturated rings. The second-order valence-corrected chi connectivity index (χ2v) is 4.08. The Morgan fingerprint density at radius 2 is 2.18 bits per heavy atom. The first-order valence-corrected chi connectivity index (χ1v) is 6.12. The van der Waals surface area contributed by atoms with Crippen LogP contribution in [-0.2, 0) is 4.79 Å². The van der Waals surface area contributed by atoms with E-state index in [1.165, 1.54) is 12.8 Å². The van der Waals surface area contributed by atoms with Crippen molar-refractivity contribution in [2.45, 2.75) is 39.0 Å². The van der Waals surface area contributed by atoms with Crippen molar-refractivity contribution in [3.8, 4) is 12.3 Å². The third-order valence-corrected chi connectivity index (χ3v) is 2.57. The lowest BCUT2D eigenvalue weighted by molar-refractivity contribution is -0.116. The van der Waals surface area contributed by atoms with Gasteiger partial charge in [-0.1, -0.05) is 38.2 Å². The molecule has 17 heavy (non-hydrogen) atoms. The summed E-state index contributed by atoms with van der Waals surface area (Å²) < 4.78 is 0. The number of hydrogen-bond donors (Lipinski definition) is 1. The molecule has 1 rings (SSSR count). The van der Waals surface area contributed by atoms with Crippen LogP contribution >= 0.6 is 0 Å². The zero-order chi connectivity index (χ0) is 12.5. The van der Waals surface area contributed by atoms with Gasteiger partial charge in [0.2, 0.25) is 5.91 Å². The third kappa shape index (κ3) is 5.21. The highest BCUT2D eigenvalue weighted by Crippen LogP contribution is 2.11. The van der Waals surface area contributed by atoms with Crippen LogP contribution in [0, 0.1) is 12.3 Å². The lowest BCUT2D eigenvalue weighted by atomic mass is 10.1. The lowest BCUT2D eigenvalue weighted by Crippen LogP contribution is -2.11. The van der Waals surface area contributed by atoms with Crippen LogP contribution in [0.5, 0.6) is 0 Å². The average Bonchev–Trinajstić information content (AvgIpc) is 2.35. The predicted molar refractivity (Wildman–Crippen MR) is 71.8 cm³/mol. The normalized spacial score (nSPS) is 9.65. The van der Waals surface area contributed by atoms with Crippen LogP contribution in [-0.4, -0.2) is 5.91 Å². The van der Waals surface area contributed by atoms with E-state index in [9.17, 15) is 4.79 Å². The highest BCUT2D eigenvalue weighted by atomic mass is 16.1. The number of benzene rings is 1. The van der Waals surface area contributed by atoms with E-state index in [4.69, 9.17) is 6.42 Å². The minimum atomic E-state index is 0.0651. The van der Waals surface area contributed by atoms with Crippen molar-refractivity contribution in [3.63, 3.8) is 0 Å². The molecule has 0 atom stereocenters. The van der Waals surface area contributed by atoms with Crippen molar-refractivity contribution in [1.82, 2.24) is 0 Å². The number of terminal acetylenes is 1. The Bertz CT molecular complexity index is 404. The summed E-state index contributed by atoms with van der Waals surface area (Å²) in [4.78, 5) is 11.6. The van der Waals surface area contributed by atoms with Crippen molar-refractivity contribution < 1.29 is 4.79 Å². The fraction of sp³-hybridized carbons (Fsp3) is 0.400. The largest absolute Gasteiger partial charge is 0.326 e. The summed E-state index contributed by atoms with van der Waals surface area (Å²) in [5, 5.41) is 2.86. The molecular weight excluding hydrogens is 210 g/mol. The summed E-state index contributed by atoms with van der Waals surface area (Å²) in [5.74, 6) is 2.61. The predicted octanol–water partition coefficient (Wildman–Crippen LogP) is 3.58. The molecule has 0 saturated carbocycles. The van der Waals surface area contributed by atoms with Crippen molar-refractivity contribution >= 4 is 11.6 Å². The van der Waals surface area contributed by atoms with Crippen molar-refractivity contribution in [1.29, 1.82) is 0 Å². The monoisotopic (exact) mass is 229 g/mol. The summed E-state index contributed by atoms with van der Waals surface area (Å²) >= 11 is 0. The molecule has 0 radical (unpaired) electrons. The molecule has 0 spiro atoms. The SMILES string of the molecule is C#Cc1cccc(NC(=O)CCCCCC)c1. The Labute approximate surface area is 103 Å². The van der Waals surface area contributed by atoms with Crippen LogP contribution in [0.3, 0.4) is 0 Å². The Hall–Kier alpha value is -1.75. The van der Waals surface area contributed by atoms with Gasteiger partial charge >= 0.3 is 0 Å². The van der Waals surface area contributed by atoms with E-state index in [0.29, 0.717) is 6.42 Å². The van der Waals surface area contributed by atoms with Crippen molar-refractivity contribution in [3.05, 3.63) is 29.8 Å². The van der Waals surface area contributed by atoms with Gasteiger partial charge in [0.25, 0.3) is 0 Å². The molecule has 0 aliphatic carbocycles. The Kier molecular flexibility index (Phi) is 5.88. The standard InChI is InChI=1S/C15H19NO/c1-3-5-6-7-11-15(17)16-14-10-8-9-13(4-2)12-14/h2,8-10,12H,3,5-7,11H2,1H3,(H,16,17). The van der Waals surface area contributed by atoms with E-state index in [1.54, 1.807) is 0 Å². The van der Waals surface area contributed by atoms with Crippen LogP contribution < -0.4 is 5.32 Å². The molecule has 0 aliphatic rings. The lowest BCUT2D eigenvalue weighted by Gasteiger charge is -2.05. The van der Waals surface area contributed by atoms with Crippen LogP contribution in [0.2, 0.25) is 0 Å². The molecule has 2 nitrogen and oxygen atoms in total. The van der Waals surface area contributed by atoms with Gasteiger partial charge in [-0.3, -0.25) is 4.79 Å². The van der Waals surface area contributed by atoms with E-state index in [0.717, 1.165) is 24.1 Å². The third-order valence-electron chi connectivity index (χ3n) is 2.57. The second-order valence-electron chi connectivity index (χ2n) is 4.08. The topological polar surface area (TPSA) is 29.1 Å². The molecule has 0 bridgehead atoms. The molecule has 1 amide bonds. The first-order chi connectivity index (χ1) is 8.26. The van der Waals surface area contributed by atoms with Gasteiger partial charge in [-0.2, -0.15) is 0 Å². The number of anilines is 1. The molecule has 2 heteroatoms. The number of rotatable bonds is 6. The maximum absolute atomic E-state index is 11.6. The maximum Gasteiger partial charge on any atom is 0.224 e. The van der Waals surface area contributed by atoms with Crippen molar-refractivity contribution in [2.75, 3.05) is 5.32 Å². The first kappa shape index (κ1) is 13.3. The molecule has 1 aromatic carbocycles. The Balaban J connectivity index is 2.37. The van der Waals surface area contributed by atoms with Crippen LogP contribution in [0.1, 0.15) is 44.6 Å². The fourth-order valence-electron chi connectivity index (χ4n) is 1.62. The zero-order valence-electron chi connectivity index (χ0n) is 10.3. The minimum Gasteiger partial charge on any atom is -0.326 e. The zero-order valence-corrected chi connectivity index (χ0v) is 10.3. The Morgan fingerprint density at radius 1 is 1.35 bits per heavy atom. The van der Waals surface area contributed by atoms with Gasteiger partial charge in [0.15, 0.2) is 0 Å². The number of carbonyl (C=O) groups excluding carboxylic acids is 1. The van der Waals surface area contributed by atoms with E-state index < -0.39 is 0 Å². The number of unbranched alkanes of at least 4 members (excludes halogenated alkanes) is 3. The maximum atomic E-state index is 11.6. The van der Waals surface area contributed by atoms with E-state index in [-0.39, 0.29) is 5.91 Å². The average molecular weight is 229 g/mol. The van der Waals surface area contributed by atoms with Gasteiger partial charge in [0.1, 0.15) is 0 Å². The van der Waals surface area contributed by atoms with Crippen molar-refractivity contribution in [2.24, 2.45) is 0 Å². The highest BCUT2D eigenvalue weighted by molar-refractivity contribution is 5.90.